The quantitative estimate of drug-likeness (QED) is 0.643. The Balaban J connectivity index is 1.44. The number of carbonyl (C=O) groups excluding carboxylic acids is 2. The van der Waals surface area contributed by atoms with Crippen LogP contribution in [0.5, 0.6) is 5.75 Å². The van der Waals surface area contributed by atoms with Gasteiger partial charge in [-0.15, -0.1) is 11.3 Å². The normalized spacial score (nSPS) is 16.0. The summed E-state index contributed by atoms with van der Waals surface area (Å²) in [6.07, 6.45) is -0.0498. The van der Waals surface area contributed by atoms with Crippen molar-refractivity contribution in [1.82, 2.24) is 4.98 Å². The Labute approximate surface area is 175 Å². The number of rotatable bonds is 6. The number of thiazole rings is 1. The lowest BCUT2D eigenvalue weighted by Gasteiger charge is -2.17. The van der Waals surface area contributed by atoms with Gasteiger partial charge in [0.1, 0.15) is 24.0 Å². The van der Waals surface area contributed by atoms with Crippen LogP contribution < -0.4 is 15.0 Å². The van der Waals surface area contributed by atoms with Gasteiger partial charge in [-0.3, -0.25) is 9.59 Å². The molecule has 1 aromatic heterocycles. The van der Waals surface area contributed by atoms with E-state index < -0.39 is 17.6 Å². The summed E-state index contributed by atoms with van der Waals surface area (Å²) in [6.45, 7) is 0.298. The van der Waals surface area contributed by atoms with Crippen molar-refractivity contribution in [3.63, 3.8) is 0 Å². The average molecular weight is 429 g/mol. The number of benzene rings is 2. The number of anilines is 2. The van der Waals surface area contributed by atoms with E-state index in [-0.39, 0.29) is 37.1 Å². The molecule has 1 unspecified atom stereocenters. The second kappa shape index (κ2) is 8.58. The van der Waals surface area contributed by atoms with E-state index in [1.807, 2.05) is 5.38 Å². The molecule has 0 bridgehead atoms. The van der Waals surface area contributed by atoms with Gasteiger partial charge in [-0.2, -0.15) is 0 Å². The van der Waals surface area contributed by atoms with Crippen molar-refractivity contribution in [2.24, 2.45) is 5.92 Å². The van der Waals surface area contributed by atoms with Gasteiger partial charge in [-0.05, 0) is 24.3 Å². The van der Waals surface area contributed by atoms with Gasteiger partial charge < -0.3 is 15.0 Å². The van der Waals surface area contributed by atoms with Crippen LogP contribution in [0.1, 0.15) is 12.1 Å². The van der Waals surface area contributed by atoms with Crippen molar-refractivity contribution in [2.75, 3.05) is 16.8 Å². The van der Waals surface area contributed by atoms with E-state index in [0.29, 0.717) is 11.4 Å². The third kappa shape index (κ3) is 4.46. The lowest BCUT2D eigenvalue weighted by Crippen LogP contribution is -2.28. The summed E-state index contributed by atoms with van der Waals surface area (Å²) in [6, 6.07) is 9.84. The third-order valence-electron chi connectivity index (χ3n) is 4.66. The number of para-hydroxylation sites is 2. The Morgan fingerprint density at radius 2 is 2.00 bits per heavy atom. The summed E-state index contributed by atoms with van der Waals surface area (Å²) in [5, 5.41) is 4.66. The minimum Gasteiger partial charge on any atom is -0.485 e. The highest BCUT2D eigenvalue weighted by molar-refractivity contribution is 7.07. The van der Waals surface area contributed by atoms with E-state index in [4.69, 9.17) is 4.74 Å². The molecule has 9 heteroatoms. The molecule has 2 heterocycles. The van der Waals surface area contributed by atoms with Crippen molar-refractivity contribution in [1.29, 1.82) is 0 Å². The lowest BCUT2D eigenvalue weighted by atomic mass is 10.1. The lowest BCUT2D eigenvalue weighted by molar-refractivity contribution is -0.122. The Kier molecular flexibility index (Phi) is 5.71. The van der Waals surface area contributed by atoms with E-state index in [2.05, 4.69) is 10.3 Å². The van der Waals surface area contributed by atoms with Gasteiger partial charge in [0.25, 0.3) is 0 Å². The van der Waals surface area contributed by atoms with Crippen molar-refractivity contribution < 1.29 is 23.1 Å². The molecule has 4 rings (SSSR count). The number of nitrogens with zero attached hydrogens (tertiary/aromatic N) is 2. The summed E-state index contributed by atoms with van der Waals surface area (Å²) < 4.78 is 32.7. The molecule has 6 nitrogen and oxygen atoms in total. The molecule has 1 aliphatic rings. The maximum atomic E-state index is 13.5. The Morgan fingerprint density at radius 1 is 1.23 bits per heavy atom. The van der Waals surface area contributed by atoms with Crippen molar-refractivity contribution in [3.8, 4) is 5.75 Å². The molecule has 1 atom stereocenters. The molecule has 0 spiro atoms. The van der Waals surface area contributed by atoms with Crippen molar-refractivity contribution >= 4 is 34.5 Å². The zero-order valence-corrected chi connectivity index (χ0v) is 16.5. The molecule has 1 saturated heterocycles. The number of halogens is 2. The van der Waals surface area contributed by atoms with Crippen molar-refractivity contribution in [2.45, 2.75) is 13.0 Å². The van der Waals surface area contributed by atoms with Gasteiger partial charge in [0.05, 0.1) is 22.8 Å². The molecule has 2 amide bonds. The number of amides is 2. The number of carbonyl (C=O) groups is 2. The summed E-state index contributed by atoms with van der Waals surface area (Å²) in [5.74, 6) is -2.47. The Hall–Kier alpha value is -3.33. The second-order valence-corrected chi connectivity index (χ2v) is 7.51. The van der Waals surface area contributed by atoms with Crippen LogP contribution in [0, 0.1) is 17.6 Å². The number of hydrogen-bond donors (Lipinski definition) is 1. The van der Waals surface area contributed by atoms with Crippen LogP contribution in [0.4, 0.5) is 20.2 Å². The summed E-state index contributed by atoms with van der Waals surface area (Å²) in [5.41, 5.74) is 3.06. The largest absolute Gasteiger partial charge is 0.485 e. The topological polar surface area (TPSA) is 71.5 Å². The van der Waals surface area contributed by atoms with Crippen LogP contribution in [0.3, 0.4) is 0 Å². The highest BCUT2D eigenvalue weighted by atomic mass is 32.1. The summed E-state index contributed by atoms with van der Waals surface area (Å²) >= 11 is 1.46. The van der Waals surface area contributed by atoms with Gasteiger partial charge >= 0.3 is 0 Å². The fraction of sp³-hybridized carbons (Fsp3) is 0.190. The first-order valence-electron chi connectivity index (χ1n) is 9.16. The Bertz CT molecular complexity index is 1050. The molecular weight excluding hydrogens is 412 g/mol. The van der Waals surface area contributed by atoms with Gasteiger partial charge in [-0.25, -0.2) is 13.8 Å². The molecule has 0 saturated carbocycles. The van der Waals surface area contributed by atoms with Gasteiger partial charge in [0, 0.05) is 30.1 Å². The molecule has 30 heavy (non-hydrogen) atoms. The van der Waals surface area contributed by atoms with E-state index in [9.17, 15) is 18.4 Å². The highest BCUT2D eigenvalue weighted by Crippen LogP contribution is 2.29. The van der Waals surface area contributed by atoms with Crippen LogP contribution in [-0.2, 0) is 16.2 Å². The minimum atomic E-state index is -0.781. The molecule has 154 valence electrons. The van der Waals surface area contributed by atoms with Crippen LogP contribution in [0.2, 0.25) is 0 Å². The molecule has 0 radical (unpaired) electrons. The highest BCUT2D eigenvalue weighted by Gasteiger charge is 2.35. The van der Waals surface area contributed by atoms with Crippen LogP contribution in [0.15, 0.2) is 53.4 Å². The van der Waals surface area contributed by atoms with Gasteiger partial charge in [-0.1, -0.05) is 12.1 Å². The zero-order valence-electron chi connectivity index (χ0n) is 15.7. The first kappa shape index (κ1) is 20.0. The number of ether oxygens (including phenoxy) is 1. The van der Waals surface area contributed by atoms with Crippen LogP contribution in [-0.4, -0.2) is 23.3 Å². The summed E-state index contributed by atoms with van der Waals surface area (Å²) in [7, 11) is 0. The number of nitrogens with one attached hydrogen (secondary N) is 1. The zero-order chi connectivity index (χ0) is 21.1. The standard InChI is InChI=1S/C21H17F2N3O3S/c22-14-6-15(23)8-17(7-14)26-9-13(5-20(26)27)21(28)25-18-3-1-2-4-19(18)29-10-16-11-30-12-24-16/h1-4,6-8,11-13H,5,9-10H2,(H,25,28). The van der Waals surface area contributed by atoms with E-state index in [1.165, 1.54) is 16.2 Å². The monoisotopic (exact) mass is 429 g/mol. The van der Waals surface area contributed by atoms with E-state index >= 15 is 0 Å². The maximum absolute atomic E-state index is 13.5. The second-order valence-electron chi connectivity index (χ2n) is 6.79. The molecule has 1 N–H and O–H groups in total. The minimum absolute atomic E-state index is 0.0371. The molecular formula is C21H17F2N3O3S. The molecule has 1 fully saturated rings. The van der Waals surface area contributed by atoms with E-state index in [0.717, 1.165) is 23.9 Å². The first-order valence-corrected chi connectivity index (χ1v) is 10.1. The van der Waals surface area contributed by atoms with Crippen molar-refractivity contribution in [3.05, 3.63) is 70.7 Å². The summed E-state index contributed by atoms with van der Waals surface area (Å²) in [4.78, 5) is 30.5. The van der Waals surface area contributed by atoms with Gasteiger partial charge in [0.2, 0.25) is 11.8 Å². The third-order valence-corrected chi connectivity index (χ3v) is 5.29. The fourth-order valence-electron chi connectivity index (χ4n) is 3.22. The molecule has 0 aliphatic carbocycles. The number of aromatic nitrogens is 1. The smallest absolute Gasteiger partial charge is 0.229 e. The fourth-order valence-corrected chi connectivity index (χ4v) is 3.76. The molecule has 2 aromatic carbocycles. The molecule has 3 aromatic rings. The predicted molar refractivity (Wildman–Crippen MR) is 108 cm³/mol. The average Bonchev–Trinajstić information content (AvgIpc) is 3.36. The number of hydrogen-bond acceptors (Lipinski definition) is 5. The van der Waals surface area contributed by atoms with Gasteiger partial charge in [0.15, 0.2) is 0 Å². The van der Waals surface area contributed by atoms with Crippen LogP contribution in [0.25, 0.3) is 0 Å². The SMILES string of the molecule is O=C(Nc1ccccc1OCc1cscn1)C1CC(=O)N(c2cc(F)cc(F)c2)C1. The molecule has 1 aliphatic heterocycles. The Morgan fingerprint density at radius 3 is 2.73 bits per heavy atom. The maximum Gasteiger partial charge on any atom is 0.229 e. The predicted octanol–water partition coefficient (Wildman–Crippen LogP) is 3.99. The first-order chi connectivity index (χ1) is 14.5. The van der Waals surface area contributed by atoms with Crippen LogP contribution >= 0.6 is 11.3 Å². The van der Waals surface area contributed by atoms with E-state index in [1.54, 1.807) is 29.8 Å².